The smallest absolute Gasteiger partial charge is 0.159 e. The standard InChI is InChI=1S/C42H28N4O/c1-3-11-29(12-4-1)40-44-41(30-13-5-2-6-14-30)46-42(45-40)34-24-23-31(32-15-7-8-16-33(32)34)27-19-21-28(22-20-27)36-25-43-26-38-39(36)35-17-9-10-18-37(35)47-38/h1-26,40H,(H,44,45,46). The van der Waals surface area contributed by atoms with Gasteiger partial charge in [0.15, 0.2) is 11.4 Å². The van der Waals surface area contributed by atoms with E-state index in [-0.39, 0.29) is 6.17 Å². The Labute approximate surface area is 271 Å². The maximum Gasteiger partial charge on any atom is 0.159 e. The molecule has 1 aliphatic rings. The van der Waals surface area contributed by atoms with Crippen LogP contribution >= 0.6 is 0 Å². The van der Waals surface area contributed by atoms with Crippen molar-refractivity contribution in [2.45, 2.75) is 6.17 Å². The molecule has 6 aromatic carbocycles. The molecule has 8 aromatic rings. The molecule has 3 heterocycles. The summed E-state index contributed by atoms with van der Waals surface area (Å²) in [4.78, 5) is 14.6. The molecule has 47 heavy (non-hydrogen) atoms. The van der Waals surface area contributed by atoms with E-state index in [9.17, 15) is 0 Å². The minimum Gasteiger partial charge on any atom is -0.454 e. The van der Waals surface area contributed by atoms with Gasteiger partial charge in [-0.1, -0.05) is 140 Å². The third kappa shape index (κ3) is 4.77. The van der Waals surface area contributed by atoms with E-state index < -0.39 is 0 Å². The highest BCUT2D eigenvalue weighted by Crippen LogP contribution is 2.38. The maximum absolute atomic E-state index is 6.10. The average Bonchev–Trinajstić information content (AvgIpc) is 3.54. The number of amidine groups is 2. The number of pyridine rings is 1. The zero-order valence-corrected chi connectivity index (χ0v) is 25.3. The Balaban J connectivity index is 1.12. The Morgan fingerprint density at radius 1 is 0.489 bits per heavy atom. The number of hydrogen-bond donors (Lipinski definition) is 1. The molecule has 0 saturated heterocycles. The number of furan rings is 1. The van der Waals surface area contributed by atoms with Gasteiger partial charge in [-0.25, -0.2) is 9.98 Å². The van der Waals surface area contributed by atoms with Gasteiger partial charge >= 0.3 is 0 Å². The Morgan fingerprint density at radius 2 is 1.11 bits per heavy atom. The largest absolute Gasteiger partial charge is 0.454 e. The summed E-state index contributed by atoms with van der Waals surface area (Å²) in [5.74, 6) is 1.52. The van der Waals surface area contributed by atoms with Gasteiger partial charge < -0.3 is 9.73 Å². The van der Waals surface area contributed by atoms with Crippen LogP contribution in [0.4, 0.5) is 0 Å². The topological polar surface area (TPSA) is 62.8 Å². The lowest BCUT2D eigenvalue weighted by Crippen LogP contribution is -2.33. The molecule has 1 unspecified atom stereocenters. The monoisotopic (exact) mass is 604 g/mol. The summed E-state index contributed by atoms with van der Waals surface area (Å²) in [5, 5.41) is 8.11. The molecule has 0 saturated carbocycles. The highest BCUT2D eigenvalue weighted by atomic mass is 16.3. The zero-order chi connectivity index (χ0) is 31.2. The van der Waals surface area contributed by atoms with Gasteiger partial charge in [0.2, 0.25) is 0 Å². The predicted molar refractivity (Wildman–Crippen MR) is 192 cm³/mol. The Bertz CT molecular complexity index is 2480. The van der Waals surface area contributed by atoms with Gasteiger partial charge in [0.05, 0.1) is 6.20 Å². The fourth-order valence-electron chi connectivity index (χ4n) is 6.59. The van der Waals surface area contributed by atoms with Crippen molar-refractivity contribution < 1.29 is 4.42 Å². The highest BCUT2D eigenvalue weighted by molar-refractivity contribution is 6.19. The van der Waals surface area contributed by atoms with Gasteiger partial charge in [-0.2, -0.15) is 0 Å². The molecule has 2 aromatic heterocycles. The van der Waals surface area contributed by atoms with E-state index in [4.69, 9.17) is 14.4 Å². The Morgan fingerprint density at radius 3 is 1.87 bits per heavy atom. The second-order valence-corrected chi connectivity index (χ2v) is 11.7. The molecule has 1 atom stereocenters. The Hall–Kier alpha value is -6.33. The van der Waals surface area contributed by atoms with Crippen molar-refractivity contribution in [3.8, 4) is 22.3 Å². The lowest BCUT2D eigenvalue weighted by atomic mass is 9.93. The number of para-hydroxylation sites is 1. The van der Waals surface area contributed by atoms with Crippen LogP contribution < -0.4 is 5.32 Å². The maximum atomic E-state index is 6.10. The predicted octanol–water partition coefficient (Wildman–Crippen LogP) is 9.96. The molecule has 5 nitrogen and oxygen atoms in total. The molecular formula is C42H28N4O. The molecule has 1 N–H and O–H groups in total. The second kappa shape index (κ2) is 11.2. The van der Waals surface area contributed by atoms with Crippen molar-refractivity contribution in [2.24, 2.45) is 9.98 Å². The van der Waals surface area contributed by atoms with Gasteiger partial charge in [0.25, 0.3) is 0 Å². The third-order valence-electron chi connectivity index (χ3n) is 8.86. The van der Waals surface area contributed by atoms with Crippen molar-refractivity contribution in [1.29, 1.82) is 0 Å². The average molecular weight is 605 g/mol. The molecule has 0 spiro atoms. The van der Waals surface area contributed by atoms with Crippen LogP contribution in [0.2, 0.25) is 0 Å². The normalized spacial score (nSPS) is 14.6. The minimum absolute atomic E-state index is 0.254. The summed E-state index contributed by atoms with van der Waals surface area (Å²) in [5.41, 5.74) is 9.23. The number of aliphatic imine (C=N–C) groups is 2. The van der Waals surface area contributed by atoms with Gasteiger partial charge in [0, 0.05) is 33.7 Å². The first kappa shape index (κ1) is 27.0. The van der Waals surface area contributed by atoms with Gasteiger partial charge in [0.1, 0.15) is 17.6 Å². The van der Waals surface area contributed by atoms with Crippen molar-refractivity contribution in [3.05, 3.63) is 175 Å². The molecule has 0 bridgehead atoms. The van der Waals surface area contributed by atoms with Gasteiger partial charge in [-0.15, -0.1) is 0 Å². The lowest BCUT2D eigenvalue weighted by Gasteiger charge is -2.24. The molecule has 9 rings (SSSR count). The van der Waals surface area contributed by atoms with E-state index in [0.29, 0.717) is 5.84 Å². The van der Waals surface area contributed by atoms with Crippen molar-refractivity contribution in [2.75, 3.05) is 0 Å². The molecule has 0 amide bonds. The zero-order valence-electron chi connectivity index (χ0n) is 25.3. The van der Waals surface area contributed by atoms with E-state index in [0.717, 1.165) is 77.5 Å². The van der Waals surface area contributed by atoms with Crippen molar-refractivity contribution >= 4 is 44.4 Å². The number of hydrogen-bond acceptors (Lipinski definition) is 5. The van der Waals surface area contributed by atoms with Crippen molar-refractivity contribution in [3.63, 3.8) is 0 Å². The molecule has 0 aliphatic carbocycles. The van der Waals surface area contributed by atoms with Crippen LogP contribution in [-0.2, 0) is 0 Å². The number of fused-ring (bicyclic) bond motifs is 4. The van der Waals surface area contributed by atoms with Gasteiger partial charge in [-0.3, -0.25) is 4.98 Å². The van der Waals surface area contributed by atoms with Crippen LogP contribution in [-0.4, -0.2) is 16.7 Å². The second-order valence-electron chi connectivity index (χ2n) is 11.7. The SMILES string of the molecule is c1ccc(C2=NC(c3ccccc3)NC(c3ccc(-c4ccc(-c5cncc6oc7ccccc7c56)cc4)c4ccccc34)=N2)cc1. The van der Waals surface area contributed by atoms with Crippen LogP contribution in [0, 0.1) is 0 Å². The van der Waals surface area contributed by atoms with Crippen LogP contribution in [0.1, 0.15) is 22.9 Å². The van der Waals surface area contributed by atoms with Crippen LogP contribution in [0.25, 0.3) is 55.0 Å². The number of benzene rings is 6. The van der Waals surface area contributed by atoms with Crippen LogP contribution in [0.15, 0.2) is 172 Å². The van der Waals surface area contributed by atoms with E-state index in [1.165, 1.54) is 0 Å². The molecule has 0 fully saturated rings. The summed E-state index contributed by atoms with van der Waals surface area (Å²) < 4.78 is 6.10. The Kier molecular flexibility index (Phi) is 6.46. The number of aromatic nitrogens is 1. The summed E-state index contributed by atoms with van der Waals surface area (Å²) in [6, 6.07) is 50.3. The summed E-state index contributed by atoms with van der Waals surface area (Å²) in [6.07, 6.45) is 3.47. The van der Waals surface area contributed by atoms with E-state index in [1.807, 2.05) is 60.8 Å². The molecule has 222 valence electrons. The quantitative estimate of drug-likeness (QED) is 0.213. The molecular weight excluding hydrogens is 576 g/mol. The first-order chi connectivity index (χ1) is 23.3. The van der Waals surface area contributed by atoms with E-state index in [2.05, 4.69) is 101 Å². The first-order valence-corrected chi connectivity index (χ1v) is 15.7. The highest BCUT2D eigenvalue weighted by Gasteiger charge is 2.23. The fourth-order valence-corrected chi connectivity index (χ4v) is 6.59. The fraction of sp³-hybridized carbons (Fsp3) is 0.0238. The molecule has 1 aliphatic heterocycles. The lowest BCUT2D eigenvalue weighted by molar-refractivity contribution is 0.667. The number of rotatable bonds is 5. The first-order valence-electron chi connectivity index (χ1n) is 15.7. The minimum atomic E-state index is -0.254. The molecule has 0 radical (unpaired) electrons. The summed E-state index contributed by atoms with van der Waals surface area (Å²) >= 11 is 0. The number of nitrogens with zero attached hydrogens (tertiary/aromatic N) is 3. The van der Waals surface area contributed by atoms with E-state index in [1.54, 1.807) is 6.20 Å². The number of nitrogens with one attached hydrogen (secondary N) is 1. The third-order valence-corrected chi connectivity index (χ3v) is 8.86. The van der Waals surface area contributed by atoms with Gasteiger partial charge in [-0.05, 0) is 39.1 Å². The molecule has 5 heteroatoms. The van der Waals surface area contributed by atoms with Crippen molar-refractivity contribution in [1.82, 2.24) is 10.3 Å². The summed E-state index contributed by atoms with van der Waals surface area (Å²) in [7, 11) is 0. The summed E-state index contributed by atoms with van der Waals surface area (Å²) in [6.45, 7) is 0. The van der Waals surface area contributed by atoms with E-state index >= 15 is 0 Å². The van der Waals surface area contributed by atoms with Crippen LogP contribution in [0.5, 0.6) is 0 Å². The van der Waals surface area contributed by atoms with Crippen LogP contribution in [0.3, 0.4) is 0 Å².